The summed E-state index contributed by atoms with van der Waals surface area (Å²) in [4.78, 5) is 30.3. The minimum atomic E-state index is -0.347. The normalized spacial score (nSPS) is 18.7. The van der Waals surface area contributed by atoms with Crippen LogP contribution < -0.4 is 9.47 Å². The number of fused-ring (bicyclic) bond motifs is 1. The van der Waals surface area contributed by atoms with E-state index in [0.717, 1.165) is 16.7 Å². The van der Waals surface area contributed by atoms with Gasteiger partial charge >= 0.3 is 0 Å². The Morgan fingerprint density at radius 3 is 2.69 bits per heavy atom. The number of aliphatic hydroxyl groups excluding tert-OH is 1. The summed E-state index contributed by atoms with van der Waals surface area (Å²) in [6, 6.07) is 9.07. The Morgan fingerprint density at radius 1 is 1.22 bits per heavy atom. The number of hydrogen-bond donors (Lipinski definition) is 1. The standard InChI is InChI=1S/C27H33N5O4/c1-18-13-32(19(2)16-33)27(34)23-9-21(22-7-5-6-8-24(22)35-4)12-30-26(23)36-25(18)15-31(3)14-20-10-28-17-29-11-20/h5-12,17-19,25,33H,13-16H2,1-4H3/t18-,19-,25-/m1/s1. The van der Waals surface area contributed by atoms with E-state index in [2.05, 4.69) is 26.8 Å². The molecule has 0 fully saturated rings. The first-order valence-electron chi connectivity index (χ1n) is 12.1. The van der Waals surface area contributed by atoms with Gasteiger partial charge in [0.25, 0.3) is 5.91 Å². The first-order valence-corrected chi connectivity index (χ1v) is 12.1. The molecule has 3 atom stereocenters. The molecule has 0 saturated carbocycles. The molecule has 0 unspecified atom stereocenters. The molecule has 36 heavy (non-hydrogen) atoms. The number of para-hydroxylation sites is 1. The average Bonchev–Trinajstić information content (AvgIpc) is 2.90. The summed E-state index contributed by atoms with van der Waals surface area (Å²) in [6.07, 6.45) is 6.58. The minimum Gasteiger partial charge on any atom is -0.496 e. The zero-order valence-electron chi connectivity index (χ0n) is 21.2. The molecule has 3 heterocycles. The predicted molar refractivity (Wildman–Crippen MR) is 136 cm³/mol. The molecule has 1 amide bonds. The SMILES string of the molecule is COc1ccccc1-c1cnc2c(c1)C(=O)N([C@H](C)CO)C[C@@H](C)[C@@H](CN(C)Cc1cncnc1)O2. The number of aromatic nitrogens is 3. The van der Waals surface area contributed by atoms with Crippen molar-refractivity contribution in [1.29, 1.82) is 0 Å². The van der Waals surface area contributed by atoms with Gasteiger partial charge in [-0.1, -0.05) is 25.1 Å². The third kappa shape index (κ3) is 5.63. The monoisotopic (exact) mass is 491 g/mol. The maximum Gasteiger partial charge on any atom is 0.259 e. The molecule has 190 valence electrons. The van der Waals surface area contributed by atoms with Crippen molar-refractivity contribution in [2.75, 3.05) is 33.9 Å². The Morgan fingerprint density at radius 2 is 1.97 bits per heavy atom. The summed E-state index contributed by atoms with van der Waals surface area (Å²) < 4.78 is 11.9. The smallest absolute Gasteiger partial charge is 0.259 e. The molecule has 4 rings (SSSR count). The van der Waals surface area contributed by atoms with E-state index in [1.165, 1.54) is 6.33 Å². The van der Waals surface area contributed by atoms with Gasteiger partial charge < -0.3 is 19.5 Å². The highest BCUT2D eigenvalue weighted by atomic mass is 16.5. The highest BCUT2D eigenvalue weighted by molar-refractivity contribution is 5.98. The molecule has 1 aromatic carbocycles. The summed E-state index contributed by atoms with van der Waals surface area (Å²) in [7, 11) is 3.63. The van der Waals surface area contributed by atoms with E-state index in [1.54, 1.807) is 36.7 Å². The van der Waals surface area contributed by atoms with Crippen LogP contribution in [0.1, 0.15) is 29.8 Å². The summed E-state index contributed by atoms with van der Waals surface area (Å²) >= 11 is 0. The van der Waals surface area contributed by atoms with Gasteiger partial charge in [-0.3, -0.25) is 9.69 Å². The number of benzene rings is 1. The van der Waals surface area contributed by atoms with Gasteiger partial charge in [0, 0.05) is 60.8 Å². The van der Waals surface area contributed by atoms with E-state index >= 15 is 0 Å². The van der Waals surface area contributed by atoms with Crippen molar-refractivity contribution < 1.29 is 19.4 Å². The first-order chi connectivity index (χ1) is 17.4. The van der Waals surface area contributed by atoms with Gasteiger partial charge in [-0.05, 0) is 26.1 Å². The zero-order chi connectivity index (χ0) is 25.7. The van der Waals surface area contributed by atoms with Crippen LogP contribution in [0.25, 0.3) is 11.1 Å². The van der Waals surface area contributed by atoms with E-state index in [-0.39, 0.29) is 30.6 Å². The van der Waals surface area contributed by atoms with E-state index in [4.69, 9.17) is 9.47 Å². The molecule has 1 N–H and O–H groups in total. The number of carbonyl (C=O) groups excluding carboxylic acids is 1. The highest BCUT2D eigenvalue weighted by Crippen LogP contribution is 2.34. The van der Waals surface area contributed by atoms with Crippen molar-refractivity contribution in [3.63, 3.8) is 0 Å². The van der Waals surface area contributed by atoms with Crippen LogP contribution in [0.3, 0.4) is 0 Å². The average molecular weight is 492 g/mol. The fraction of sp³-hybridized carbons (Fsp3) is 0.407. The highest BCUT2D eigenvalue weighted by Gasteiger charge is 2.34. The zero-order valence-corrected chi connectivity index (χ0v) is 21.2. The van der Waals surface area contributed by atoms with Gasteiger partial charge in [0.15, 0.2) is 0 Å². The molecule has 0 spiro atoms. The predicted octanol–water partition coefficient (Wildman–Crippen LogP) is 2.90. The third-order valence-corrected chi connectivity index (χ3v) is 6.50. The van der Waals surface area contributed by atoms with Crippen molar-refractivity contribution in [1.82, 2.24) is 24.8 Å². The van der Waals surface area contributed by atoms with E-state index in [9.17, 15) is 9.90 Å². The lowest BCUT2D eigenvalue weighted by Crippen LogP contribution is -2.49. The van der Waals surface area contributed by atoms with Crippen LogP contribution in [0.15, 0.2) is 55.2 Å². The first kappa shape index (κ1) is 25.5. The number of aliphatic hydroxyl groups is 1. The van der Waals surface area contributed by atoms with Gasteiger partial charge in [0.05, 0.1) is 19.8 Å². The number of carbonyl (C=O) groups is 1. The number of nitrogens with zero attached hydrogens (tertiary/aromatic N) is 5. The molecule has 1 aliphatic heterocycles. The maximum atomic E-state index is 13.7. The number of likely N-dealkylation sites (N-methyl/N-ethyl adjacent to an activating group) is 1. The largest absolute Gasteiger partial charge is 0.496 e. The molecular weight excluding hydrogens is 458 g/mol. The van der Waals surface area contributed by atoms with E-state index in [0.29, 0.717) is 36.8 Å². The molecular formula is C27H33N5O4. The van der Waals surface area contributed by atoms with Gasteiger partial charge in [-0.15, -0.1) is 0 Å². The van der Waals surface area contributed by atoms with E-state index in [1.807, 2.05) is 38.2 Å². The Hall–Kier alpha value is -3.56. The number of hydrogen-bond acceptors (Lipinski definition) is 8. The Balaban J connectivity index is 1.68. The summed E-state index contributed by atoms with van der Waals surface area (Å²) in [5.74, 6) is 0.774. The summed E-state index contributed by atoms with van der Waals surface area (Å²) in [5.41, 5.74) is 2.96. The van der Waals surface area contributed by atoms with Crippen LogP contribution >= 0.6 is 0 Å². The van der Waals surface area contributed by atoms with Gasteiger partial charge in [0.1, 0.15) is 23.7 Å². The van der Waals surface area contributed by atoms with Crippen LogP contribution in [-0.4, -0.2) is 81.8 Å². The molecule has 0 bridgehead atoms. The lowest BCUT2D eigenvalue weighted by atomic mass is 9.99. The Labute approximate surface area is 211 Å². The Bertz CT molecular complexity index is 1180. The van der Waals surface area contributed by atoms with Crippen LogP contribution in [0.5, 0.6) is 11.6 Å². The number of rotatable bonds is 8. The van der Waals surface area contributed by atoms with E-state index < -0.39 is 0 Å². The second-order valence-electron chi connectivity index (χ2n) is 9.34. The van der Waals surface area contributed by atoms with Crippen LogP contribution in [-0.2, 0) is 6.54 Å². The fourth-order valence-electron chi connectivity index (χ4n) is 4.45. The summed E-state index contributed by atoms with van der Waals surface area (Å²) in [5, 5.41) is 9.90. The summed E-state index contributed by atoms with van der Waals surface area (Å²) in [6.45, 7) is 5.50. The second-order valence-corrected chi connectivity index (χ2v) is 9.34. The van der Waals surface area contributed by atoms with Gasteiger partial charge in [0.2, 0.25) is 5.88 Å². The molecule has 2 aromatic heterocycles. The van der Waals surface area contributed by atoms with Crippen molar-refractivity contribution in [3.05, 3.63) is 66.4 Å². The molecule has 0 radical (unpaired) electrons. The molecule has 3 aromatic rings. The molecule has 9 nitrogen and oxygen atoms in total. The van der Waals surface area contributed by atoms with Crippen molar-refractivity contribution in [3.8, 4) is 22.8 Å². The fourth-order valence-corrected chi connectivity index (χ4v) is 4.45. The Kier molecular flexibility index (Phi) is 8.12. The second kappa shape index (κ2) is 11.5. The number of methoxy groups -OCH3 is 1. The van der Waals surface area contributed by atoms with Crippen molar-refractivity contribution in [2.24, 2.45) is 5.92 Å². The van der Waals surface area contributed by atoms with Crippen molar-refractivity contribution in [2.45, 2.75) is 32.5 Å². The molecule has 0 saturated heterocycles. The maximum absolute atomic E-state index is 13.7. The lowest BCUT2D eigenvalue weighted by Gasteiger charge is -2.37. The van der Waals surface area contributed by atoms with Crippen LogP contribution in [0.2, 0.25) is 0 Å². The van der Waals surface area contributed by atoms with Gasteiger partial charge in [-0.25, -0.2) is 15.0 Å². The number of amides is 1. The molecule has 1 aliphatic rings. The molecule has 9 heteroatoms. The van der Waals surface area contributed by atoms with Crippen molar-refractivity contribution >= 4 is 5.91 Å². The topological polar surface area (TPSA) is 101 Å². The molecule has 0 aliphatic carbocycles. The van der Waals surface area contributed by atoms with Crippen LogP contribution in [0, 0.1) is 5.92 Å². The number of ether oxygens (including phenoxy) is 2. The number of pyridine rings is 1. The minimum absolute atomic E-state index is 0.00117. The van der Waals surface area contributed by atoms with Gasteiger partial charge in [-0.2, -0.15) is 0 Å². The third-order valence-electron chi connectivity index (χ3n) is 6.50. The van der Waals surface area contributed by atoms with Crippen LogP contribution in [0.4, 0.5) is 0 Å². The lowest BCUT2D eigenvalue weighted by molar-refractivity contribution is 0.0325. The quantitative estimate of drug-likeness (QED) is 0.513.